The number of para-hydroxylation sites is 2. The summed E-state index contributed by atoms with van der Waals surface area (Å²) < 4.78 is 16.0. The zero-order valence-corrected chi connectivity index (χ0v) is 48.1. The van der Waals surface area contributed by atoms with E-state index >= 15 is 0 Å². The molecule has 6 nitrogen and oxygen atoms in total. The molecular formula is C61H68IrN4O2Si2-2. The second-order valence-electron chi connectivity index (χ2n) is 22.5. The van der Waals surface area contributed by atoms with Crippen molar-refractivity contribution in [3.8, 4) is 28.3 Å². The zero-order chi connectivity index (χ0) is 49.3. The molecule has 0 unspecified atom stereocenters. The summed E-state index contributed by atoms with van der Waals surface area (Å²) in [6.07, 6.45) is 1.95. The molecule has 0 bridgehead atoms. The largest absolute Gasteiger partial charge is 0.486 e. The molecule has 0 spiro atoms. The van der Waals surface area contributed by atoms with Crippen molar-refractivity contribution in [3.63, 3.8) is 0 Å². The summed E-state index contributed by atoms with van der Waals surface area (Å²) in [5.74, 6) is 1.20. The Morgan fingerprint density at radius 2 is 1.37 bits per heavy atom. The first-order valence-electron chi connectivity index (χ1n) is 24.9. The maximum atomic E-state index is 6.96. The van der Waals surface area contributed by atoms with Crippen LogP contribution < -0.4 is 10.5 Å². The van der Waals surface area contributed by atoms with Gasteiger partial charge in [0.15, 0.2) is 0 Å². The van der Waals surface area contributed by atoms with Gasteiger partial charge in [0.1, 0.15) is 19.2 Å². The molecular weight excluding hydrogens is 1070 g/mol. The smallest absolute Gasteiger partial charge is 0.215 e. The first-order valence-corrected chi connectivity index (χ1v) is 31.0. The van der Waals surface area contributed by atoms with E-state index in [1.807, 2.05) is 36.5 Å². The maximum absolute atomic E-state index is 6.96. The number of rotatable bonds is 9. The van der Waals surface area contributed by atoms with Crippen molar-refractivity contribution in [2.75, 3.05) is 0 Å². The minimum Gasteiger partial charge on any atom is -0.486 e. The molecule has 10 rings (SSSR count). The summed E-state index contributed by atoms with van der Waals surface area (Å²) in [6, 6.07) is 45.2. The third-order valence-corrected chi connectivity index (χ3v) is 22.9. The molecule has 5 aromatic heterocycles. The quantitative estimate of drug-likeness (QED) is 0.106. The van der Waals surface area contributed by atoms with E-state index in [9.17, 15) is 0 Å². The number of aromatic nitrogens is 4. The number of benzene rings is 5. The molecule has 0 saturated carbocycles. The fourth-order valence-corrected chi connectivity index (χ4v) is 14.6. The van der Waals surface area contributed by atoms with Gasteiger partial charge in [0.2, 0.25) is 5.71 Å². The van der Waals surface area contributed by atoms with Crippen LogP contribution in [0.2, 0.25) is 37.3 Å². The average molecular weight is 1140 g/mol. The van der Waals surface area contributed by atoms with Gasteiger partial charge in [-0.05, 0) is 81.6 Å². The summed E-state index contributed by atoms with van der Waals surface area (Å²) in [6.45, 7) is 34.9. The van der Waals surface area contributed by atoms with Gasteiger partial charge < -0.3 is 18.4 Å². The van der Waals surface area contributed by atoms with Crippen molar-refractivity contribution in [2.45, 2.75) is 131 Å². The van der Waals surface area contributed by atoms with Crippen LogP contribution in [0.5, 0.6) is 0 Å². The second kappa shape index (κ2) is 19.3. The Kier molecular flexibility index (Phi) is 14.0. The number of hydrogen-bond donors (Lipinski definition) is 0. The van der Waals surface area contributed by atoms with Crippen molar-refractivity contribution in [3.05, 3.63) is 144 Å². The van der Waals surface area contributed by atoms with Gasteiger partial charge >= 0.3 is 0 Å². The molecule has 0 saturated heterocycles. The Bertz CT molecular complexity index is 3490. The van der Waals surface area contributed by atoms with E-state index in [1.165, 1.54) is 32.6 Å². The van der Waals surface area contributed by atoms with Crippen LogP contribution in [0.3, 0.4) is 0 Å². The fourth-order valence-electron chi connectivity index (χ4n) is 10.0. The number of imidazole rings is 1. The predicted molar refractivity (Wildman–Crippen MR) is 298 cm³/mol. The maximum Gasteiger partial charge on any atom is 0.215 e. The van der Waals surface area contributed by atoms with Crippen LogP contribution in [0.1, 0.15) is 105 Å². The molecule has 0 aliphatic carbocycles. The minimum atomic E-state index is -1.78. The van der Waals surface area contributed by atoms with Crippen molar-refractivity contribution in [2.24, 2.45) is 0 Å². The van der Waals surface area contributed by atoms with Crippen LogP contribution in [-0.2, 0) is 25.5 Å². The van der Waals surface area contributed by atoms with E-state index in [0.717, 1.165) is 72.2 Å². The summed E-state index contributed by atoms with van der Waals surface area (Å²) in [5.41, 5.74) is 14.4. The molecule has 70 heavy (non-hydrogen) atoms. The van der Waals surface area contributed by atoms with Crippen molar-refractivity contribution in [1.29, 1.82) is 0 Å². The predicted octanol–water partition coefficient (Wildman–Crippen LogP) is 16.4. The summed E-state index contributed by atoms with van der Waals surface area (Å²) in [7, 11) is -3.42. The van der Waals surface area contributed by atoms with E-state index in [0.29, 0.717) is 16.8 Å². The zero-order valence-electron chi connectivity index (χ0n) is 43.7. The van der Waals surface area contributed by atoms with E-state index in [4.69, 9.17) is 18.8 Å². The normalized spacial score (nSPS) is 12.6. The second-order valence-corrected chi connectivity index (χ2v) is 33.0. The van der Waals surface area contributed by atoms with E-state index in [-0.39, 0.29) is 37.4 Å². The monoisotopic (exact) mass is 1140 g/mol. The number of hydrogen-bond acceptors (Lipinski definition) is 5. The van der Waals surface area contributed by atoms with Crippen LogP contribution in [0.25, 0.3) is 83.4 Å². The van der Waals surface area contributed by atoms with Crippen LogP contribution in [0.4, 0.5) is 0 Å². The molecule has 10 aromatic rings. The van der Waals surface area contributed by atoms with Gasteiger partial charge in [0.25, 0.3) is 0 Å². The Morgan fingerprint density at radius 1 is 0.643 bits per heavy atom. The Balaban J connectivity index is 0.000000329. The van der Waals surface area contributed by atoms with Crippen molar-refractivity contribution >= 4 is 81.7 Å². The number of fused-ring (bicyclic) bond motifs is 7. The van der Waals surface area contributed by atoms with E-state index in [1.54, 1.807) is 0 Å². The number of pyridine rings is 2. The first kappa shape index (κ1) is 50.9. The van der Waals surface area contributed by atoms with Gasteiger partial charge in [0, 0.05) is 59.0 Å². The molecule has 9 heteroatoms. The molecule has 0 amide bonds. The van der Waals surface area contributed by atoms with Crippen LogP contribution in [0, 0.1) is 12.1 Å². The summed E-state index contributed by atoms with van der Waals surface area (Å²) >= 11 is 0. The van der Waals surface area contributed by atoms with E-state index in [2.05, 4.69) is 203 Å². The Labute approximate surface area is 430 Å². The summed E-state index contributed by atoms with van der Waals surface area (Å²) in [5, 5.41) is 7.09. The minimum absolute atomic E-state index is 0. The van der Waals surface area contributed by atoms with Crippen LogP contribution in [-0.4, -0.2) is 35.7 Å². The van der Waals surface area contributed by atoms with Gasteiger partial charge in [0.05, 0.1) is 30.5 Å². The SMILES string of the molecule is CC(C)(C)c1ccc(-c2[c-]cccc2)nc1.CC(C)c1cc2c(oc3ccc([Si](C)(C(C)C)C(C)C)cc32)c(C(C)C)c1-n1c(-c2[c-]ccc3c2oc2nc([Si](C)(C)C)ccc23)nc2ccccc21.[Ir]. The molecule has 0 N–H and O–H groups in total. The van der Waals surface area contributed by atoms with Crippen LogP contribution in [0.15, 0.2) is 124 Å². The fraction of sp³-hybridized carbons (Fsp3) is 0.328. The Hall–Kier alpha value is -5.45. The number of nitrogens with zero attached hydrogens (tertiary/aromatic N) is 4. The standard InChI is InChI=1S/C46H52N3O2Si2.C15H16N.Ir/c1-26(2)34-25-36-35-24-30(53(12,28(5)6)29(7)8)20-22-39(35)50-44(36)41(27(3)4)42(34)49-38-19-14-13-18-37(38)47-45(49)33-17-15-16-31-32-21-23-40(52(9,10)11)48-46(32)51-43(31)33;1-15(2,3)13-9-10-14(16-11-13)12-7-5-4-6-8-12;/h13-16,18-29H,1-12H3;4-7,9-11H,1-3H3;/q2*-1;. The molecule has 0 atom stereocenters. The van der Waals surface area contributed by atoms with Gasteiger partial charge in [-0.2, -0.15) is 0 Å². The Morgan fingerprint density at radius 3 is 2.00 bits per heavy atom. The first-order chi connectivity index (χ1) is 32.7. The molecule has 5 heterocycles. The molecule has 1 radical (unpaired) electrons. The van der Waals surface area contributed by atoms with Crippen molar-refractivity contribution in [1.82, 2.24) is 19.5 Å². The van der Waals surface area contributed by atoms with Gasteiger partial charge in [-0.3, -0.25) is 4.98 Å². The molecule has 363 valence electrons. The molecule has 0 fully saturated rings. The van der Waals surface area contributed by atoms with Gasteiger partial charge in [-0.25, -0.2) is 4.98 Å². The van der Waals surface area contributed by atoms with Gasteiger partial charge in [-0.1, -0.05) is 155 Å². The molecule has 0 aliphatic heterocycles. The molecule has 5 aromatic carbocycles. The van der Waals surface area contributed by atoms with Crippen LogP contribution >= 0.6 is 0 Å². The number of furan rings is 2. The topological polar surface area (TPSA) is 69.9 Å². The van der Waals surface area contributed by atoms with E-state index < -0.39 is 16.1 Å². The average Bonchev–Trinajstić information content (AvgIpc) is 4.01. The molecule has 0 aliphatic rings. The summed E-state index contributed by atoms with van der Waals surface area (Å²) in [4.78, 5) is 14.9. The third-order valence-electron chi connectivity index (χ3n) is 14.7. The van der Waals surface area contributed by atoms with Gasteiger partial charge in [-0.15, -0.1) is 54.1 Å². The third kappa shape index (κ3) is 9.08. The van der Waals surface area contributed by atoms with Crippen molar-refractivity contribution < 1.29 is 28.9 Å².